The minimum Gasteiger partial charge on any atom is -0.462 e. The topological polar surface area (TPSA) is 49.8 Å². The SMILES string of the molecule is CN1CCC[C@@H]1COC(=O)C(O)c1ccccc1C1=CCCC1. The highest BCUT2D eigenvalue weighted by Crippen LogP contribution is 2.32. The van der Waals surface area contributed by atoms with Crippen molar-refractivity contribution in [2.24, 2.45) is 0 Å². The molecular weight excluding hydrogens is 290 g/mol. The van der Waals surface area contributed by atoms with Gasteiger partial charge in [-0.15, -0.1) is 0 Å². The molecule has 4 heteroatoms. The number of aliphatic hydroxyl groups excluding tert-OH is 1. The first-order chi connectivity index (χ1) is 11.2. The molecule has 0 spiro atoms. The van der Waals surface area contributed by atoms with Crippen molar-refractivity contribution in [1.82, 2.24) is 4.90 Å². The number of likely N-dealkylation sites (tertiary alicyclic amines) is 1. The van der Waals surface area contributed by atoms with Gasteiger partial charge in [-0.3, -0.25) is 0 Å². The maximum Gasteiger partial charge on any atom is 0.339 e. The number of likely N-dealkylation sites (N-methyl/N-ethyl adjacent to an activating group) is 1. The first kappa shape index (κ1) is 16.2. The Labute approximate surface area is 137 Å². The lowest BCUT2D eigenvalue weighted by atomic mass is 9.96. The zero-order chi connectivity index (χ0) is 16.2. The van der Waals surface area contributed by atoms with E-state index in [1.165, 1.54) is 5.57 Å². The summed E-state index contributed by atoms with van der Waals surface area (Å²) in [5.41, 5.74) is 2.86. The molecular formula is C19H25NO3. The van der Waals surface area contributed by atoms with Crippen LogP contribution < -0.4 is 0 Å². The first-order valence-electron chi connectivity index (χ1n) is 8.50. The zero-order valence-corrected chi connectivity index (χ0v) is 13.7. The second-order valence-electron chi connectivity index (χ2n) is 6.52. The average Bonchev–Trinajstić information content (AvgIpc) is 3.23. The molecule has 2 aliphatic rings. The van der Waals surface area contributed by atoms with Crippen LogP contribution in [-0.2, 0) is 9.53 Å². The van der Waals surface area contributed by atoms with Crippen LogP contribution in [0.2, 0.25) is 0 Å². The number of carbonyl (C=O) groups is 1. The zero-order valence-electron chi connectivity index (χ0n) is 13.7. The number of allylic oxidation sites excluding steroid dienone is 2. The number of nitrogens with zero attached hydrogens (tertiary/aromatic N) is 1. The van der Waals surface area contributed by atoms with E-state index < -0.39 is 12.1 Å². The normalized spacial score (nSPS) is 22.9. The number of hydrogen-bond acceptors (Lipinski definition) is 4. The minimum absolute atomic E-state index is 0.277. The van der Waals surface area contributed by atoms with Crippen LogP contribution in [-0.4, -0.2) is 42.2 Å². The van der Waals surface area contributed by atoms with E-state index in [1.807, 2.05) is 31.3 Å². The fourth-order valence-corrected chi connectivity index (χ4v) is 3.52. The number of carbonyl (C=O) groups excluding carboxylic acids is 1. The number of benzene rings is 1. The average molecular weight is 315 g/mol. The van der Waals surface area contributed by atoms with Crippen molar-refractivity contribution in [1.29, 1.82) is 0 Å². The molecule has 1 aromatic carbocycles. The molecule has 1 aliphatic carbocycles. The lowest BCUT2D eigenvalue weighted by molar-refractivity contribution is -0.155. The molecule has 23 heavy (non-hydrogen) atoms. The summed E-state index contributed by atoms with van der Waals surface area (Å²) in [7, 11) is 2.05. The number of aliphatic hydroxyl groups is 1. The van der Waals surface area contributed by atoms with Crippen LogP contribution >= 0.6 is 0 Å². The van der Waals surface area contributed by atoms with Gasteiger partial charge in [-0.1, -0.05) is 30.3 Å². The van der Waals surface area contributed by atoms with Crippen LogP contribution in [0.5, 0.6) is 0 Å². The molecule has 1 saturated heterocycles. The van der Waals surface area contributed by atoms with Gasteiger partial charge in [-0.2, -0.15) is 0 Å². The Bertz CT molecular complexity index is 596. The van der Waals surface area contributed by atoms with E-state index in [0.717, 1.165) is 44.2 Å². The second kappa shape index (κ2) is 7.28. The van der Waals surface area contributed by atoms with Gasteiger partial charge in [0.1, 0.15) is 6.61 Å². The van der Waals surface area contributed by atoms with Crippen LogP contribution in [0.3, 0.4) is 0 Å². The molecule has 2 atom stereocenters. The molecule has 1 fully saturated rings. The van der Waals surface area contributed by atoms with Crippen molar-refractivity contribution in [2.45, 2.75) is 44.2 Å². The largest absolute Gasteiger partial charge is 0.462 e. The summed E-state index contributed by atoms with van der Waals surface area (Å²) in [5, 5.41) is 10.5. The van der Waals surface area contributed by atoms with E-state index in [4.69, 9.17) is 4.74 Å². The van der Waals surface area contributed by atoms with Gasteiger partial charge in [0.25, 0.3) is 0 Å². The maximum atomic E-state index is 12.3. The van der Waals surface area contributed by atoms with Crippen molar-refractivity contribution in [3.8, 4) is 0 Å². The fourth-order valence-electron chi connectivity index (χ4n) is 3.52. The third kappa shape index (κ3) is 3.65. The second-order valence-corrected chi connectivity index (χ2v) is 6.52. The summed E-state index contributed by atoms with van der Waals surface area (Å²) in [5.74, 6) is -0.545. The lowest BCUT2D eigenvalue weighted by Gasteiger charge is -2.21. The predicted octanol–water partition coefficient (Wildman–Crippen LogP) is 2.92. The number of hydrogen-bond donors (Lipinski definition) is 1. The monoisotopic (exact) mass is 315 g/mol. The molecule has 0 saturated carbocycles. The Hall–Kier alpha value is -1.65. The standard InChI is InChI=1S/C19H25NO3/c1-20-12-6-9-15(20)13-23-19(22)18(21)17-11-5-4-10-16(17)14-7-2-3-8-14/h4-5,7,10-11,15,18,21H,2-3,6,8-9,12-13H2,1H3/t15-,18?/m1/s1. The van der Waals surface area contributed by atoms with Crippen LogP contribution in [0.25, 0.3) is 5.57 Å². The van der Waals surface area contributed by atoms with Gasteiger partial charge in [0.05, 0.1) is 0 Å². The molecule has 1 heterocycles. The van der Waals surface area contributed by atoms with Crippen molar-refractivity contribution < 1.29 is 14.6 Å². The molecule has 1 aliphatic heterocycles. The quantitative estimate of drug-likeness (QED) is 0.849. The maximum absolute atomic E-state index is 12.3. The van der Waals surface area contributed by atoms with Gasteiger partial charge in [0.2, 0.25) is 0 Å². The van der Waals surface area contributed by atoms with E-state index in [-0.39, 0.29) is 6.04 Å². The summed E-state index contributed by atoms with van der Waals surface area (Å²) in [6.45, 7) is 1.40. The van der Waals surface area contributed by atoms with Gasteiger partial charge in [0.15, 0.2) is 6.10 Å². The van der Waals surface area contributed by atoms with Crippen LogP contribution in [0.1, 0.15) is 49.3 Å². The van der Waals surface area contributed by atoms with Crippen molar-refractivity contribution >= 4 is 11.5 Å². The number of esters is 1. The summed E-state index contributed by atoms with van der Waals surface area (Å²) in [4.78, 5) is 14.5. The predicted molar refractivity (Wildman–Crippen MR) is 89.8 cm³/mol. The molecule has 0 radical (unpaired) electrons. The lowest BCUT2D eigenvalue weighted by Crippen LogP contribution is -2.31. The van der Waals surface area contributed by atoms with Gasteiger partial charge in [-0.25, -0.2) is 4.79 Å². The van der Waals surface area contributed by atoms with Gasteiger partial charge < -0.3 is 14.7 Å². The third-order valence-electron chi connectivity index (χ3n) is 4.96. The number of rotatable bonds is 5. The Kier molecular flexibility index (Phi) is 5.13. The highest BCUT2D eigenvalue weighted by molar-refractivity contribution is 5.80. The molecule has 4 nitrogen and oxygen atoms in total. The van der Waals surface area contributed by atoms with Crippen molar-refractivity contribution in [3.63, 3.8) is 0 Å². The van der Waals surface area contributed by atoms with E-state index >= 15 is 0 Å². The van der Waals surface area contributed by atoms with E-state index in [0.29, 0.717) is 12.2 Å². The van der Waals surface area contributed by atoms with E-state index in [1.54, 1.807) is 0 Å². The van der Waals surface area contributed by atoms with Gasteiger partial charge in [-0.05, 0) is 62.4 Å². The summed E-state index contributed by atoms with van der Waals surface area (Å²) in [6, 6.07) is 7.88. The molecule has 1 aromatic rings. The van der Waals surface area contributed by atoms with E-state index in [2.05, 4.69) is 11.0 Å². The van der Waals surface area contributed by atoms with Gasteiger partial charge >= 0.3 is 5.97 Å². The molecule has 0 bridgehead atoms. The molecule has 1 unspecified atom stereocenters. The van der Waals surface area contributed by atoms with Crippen LogP contribution in [0.4, 0.5) is 0 Å². The minimum atomic E-state index is -1.21. The third-order valence-corrected chi connectivity index (χ3v) is 4.96. The van der Waals surface area contributed by atoms with E-state index in [9.17, 15) is 9.90 Å². The molecule has 0 amide bonds. The summed E-state index contributed by atoms with van der Waals surface area (Å²) in [6.07, 6.45) is 6.38. The van der Waals surface area contributed by atoms with Crippen LogP contribution in [0, 0.1) is 0 Å². The fraction of sp³-hybridized carbons (Fsp3) is 0.526. The molecule has 1 N–H and O–H groups in total. The van der Waals surface area contributed by atoms with Crippen molar-refractivity contribution in [3.05, 3.63) is 41.5 Å². The number of ether oxygens (including phenoxy) is 1. The Morgan fingerprint density at radius 2 is 2.22 bits per heavy atom. The highest BCUT2D eigenvalue weighted by Gasteiger charge is 2.27. The Morgan fingerprint density at radius 3 is 2.91 bits per heavy atom. The van der Waals surface area contributed by atoms with Gasteiger partial charge in [0, 0.05) is 6.04 Å². The molecule has 3 rings (SSSR count). The molecule has 0 aromatic heterocycles. The smallest absolute Gasteiger partial charge is 0.339 e. The molecule has 124 valence electrons. The van der Waals surface area contributed by atoms with Crippen LogP contribution in [0.15, 0.2) is 30.3 Å². The first-order valence-corrected chi connectivity index (χ1v) is 8.50. The Balaban J connectivity index is 1.67. The highest BCUT2D eigenvalue weighted by atomic mass is 16.5. The summed E-state index contributed by atoms with van der Waals surface area (Å²) >= 11 is 0. The summed E-state index contributed by atoms with van der Waals surface area (Å²) < 4.78 is 5.38. The Morgan fingerprint density at radius 1 is 1.39 bits per heavy atom. The van der Waals surface area contributed by atoms with Crippen molar-refractivity contribution in [2.75, 3.05) is 20.2 Å².